The number of fused-ring (bicyclic) bond motifs is 1. The Morgan fingerprint density at radius 3 is 2.68 bits per heavy atom. The summed E-state index contributed by atoms with van der Waals surface area (Å²) in [6.45, 7) is 2.24. The summed E-state index contributed by atoms with van der Waals surface area (Å²) in [6, 6.07) is 2.97. The third kappa shape index (κ3) is 5.71. The largest absolute Gasteiger partial charge is 0.328 e. The lowest BCUT2D eigenvalue weighted by atomic mass is 10.0. The summed E-state index contributed by atoms with van der Waals surface area (Å²) in [5.41, 5.74) is 3.21. The summed E-state index contributed by atoms with van der Waals surface area (Å²) >= 11 is 0. The molecule has 38 heavy (non-hydrogen) atoms. The van der Waals surface area contributed by atoms with Gasteiger partial charge in [0.2, 0.25) is 0 Å². The van der Waals surface area contributed by atoms with Crippen LogP contribution in [0.3, 0.4) is 0 Å². The van der Waals surface area contributed by atoms with Gasteiger partial charge in [-0.15, -0.1) is 12.4 Å². The molecule has 16 heteroatoms. The average Bonchev–Trinajstić information content (AvgIpc) is 3.32. The third-order valence-electron chi connectivity index (χ3n) is 5.84. The molecule has 1 atom stereocenters. The quantitative estimate of drug-likeness (QED) is 0.369. The number of aromatic nitrogens is 3. The molecule has 3 N–H and O–H groups in total. The highest BCUT2D eigenvalue weighted by Gasteiger charge is 2.32. The molecule has 11 nitrogen and oxygen atoms in total. The van der Waals surface area contributed by atoms with Gasteiger partial charge in [-0.2, -0.15) is 17.7 Å². The summed E-state index contributed by atoms with van der Waals surface area (Å²) in [5.74, 6) is -2.20. The normalized spacial score (nSPS) is 16.0. The lowest BCUT2D eigenvalue weighted by Crippen LogP contribution is -2.34. The van der Waals surface area contributed by atoms with Crippen molar-refractivity contribution in [3.63, 3.8) is 0 Å². The number of rotatable bonds is 9. The minimum absolute atomic E-state index is 0. The molecule has 4 rings (SSSR count). The fraction of sp³-hybridized carbons (Fsp3) is 0.409. The number of halogens is 4. The molecule has 1 saturated heterocycles. The average molecular weight is 578 g/mol. The lowest BCUT2D eigenvalue weighted by molar-refractivity contribution is 0.114. The molecule has 2 aromatic heterocycles. The SMILES string of the molecule is CCN(OCCN)c1ncc2cc(-c3c(F)ccc(NS(=O)(=O)N4CC[C@@H](F)C4)c3F)c(=O)n(C)c2n1.Cl. The van der Waals surface area contributed by atoms with Crippen molar-refractivity contribution in [2.45, 2.75) is 19.5 Å². The Balaban J connectivity index is 0.00000400. The first-order valence-electron chi connectivity index (χ1n) is 11.4. The second-order valence-electron chi connectivity index (χ2n) is 8.32. The number of anilines is 2. The summed E-state index contributed by atoms with van der Waals surface area (Å²) in [5, 5.41) is 1.69. The number of hydroxylamine groups is 1. The van der Waals surface area contributed by atoms with Crippen LogP contribution in [0.5, 0.6) is 0 Å². The second-order valence-corrected chi connectivity index (χ2v) is 9.99. The zero-order valence-electron chi connectivity index (χ0n) is 20.5. The van der Waals surface area contributed by atoms with E-state index in [9.17, 15) is 22.0 Å². The van der Waals surface area contributed by atoms with E-state index in [0.717, 1.165) is 21.0 Å². The predicted octanol–water partition coefficient (Wildman–Crippen LogP) is 2.11. The van der Waals surface area contributed by atoms with Crippen LogP contribution in [0.4, 0.5) is 24.8 Å². The highest BCUT2D eigenvalue weighted by atomic mass is 35.5. The summed E-state index contributed by atoms with van der Waals surface area (Å²) < 4.78 is 73.0. The Morgan fingerprint density at radius 2 is 2.05 bits per heavy atom. The molecule has 1 fully saturated rings. The number of alkyl halides is 1. The summed E-state index contributed by atoms with van der Waals surface area (Å²) in [7, 11) is -2.92. The van der Waals surface area contributed by atoms with Gasteiger partial charge in [-0.05, 0) is 31.5 Å². The van der Waals surface area contributed by atoms with Gasteiger partial charge in [0.25, 0.3) is 11.5 Å². The lowest BCUT2D eigenvalue weighted by Gasteiger charge is -2.20. The van der Waals surface area contributed by atoms with E-state index in [1.165, 1.54) is 24.4 Å². The van der Waals surface area contributed by atoms with E-state index >= 15 is 4.39 Å². The molecule has 1 aliphatic rings. The predicted molar refractivity (Wildman–Crippen MR) is 139 cm³/mol. The molecule has 0 spiro atoms. The van der Waals surface area contributed by atoms with E-state index in [1.807, 2.05) is 4.72 Å². The van der Waals surface area contributed by atoms with Crippen LogP contribution in [0, 0.1) is 11.6 Å². The van der Waals surface area contributed by atoms with Gasteiger partial charge in [0.05, 0.1) is 23.4 Å². The van der Waals surface area contributed by atoms with E-state index in [4.69, 9.17) is 10.6 Å². The molecule has 0 saturated carbocycles. The number of nitrogens with two attached hydrogens (primary N) is 1. The van der Waals surface area contributed by atoms with Crippen LogP contribution in [0.2, 0.25) is 0 Å². The number of hydrogen-bond donors (Lipinski definition) is 2. The number of pyridine rings is 1. The smallest absolute Gasteiger partial charge is 0.301 e. The van der Waals surface area contributed by atoms with Gasteiger partial charge in [0.15, 0.2) is 5.82 Å². The standard InChI is InChI=1S/C22H26F3N7O4S.ClH/c1-3-32(36-9-7-26)22-27-11-13-10-15(21(33)30(2)20(13)28-22)18-16(24)4-5-17(19(18)25)29-37(34,35)31-8-6-14(23)12-31;/h4-5,10-11,14,29H,3,6-9,12,26H2,1-2H3;1H/t14-;/m1./s1. The molecular weight excluding hydrogens is 551 g/mol. The first-order chi connectivity index (χ1) is 17.6. The van der Waals surface area contributed by atoms with Gasteiger partial charge >= 0.3 is 10.2 Å². The van der Waals surface area contributed by atoms with Crippen LogP contribution >= 0.6 is 12.4 Å². The monoisotopic (exact) mass is 577 g/mol. The number of aryl methyl sites for hydroxylation is 1. The topological polar surface area (TPSA) is 136 Å². The zero-order chi connectivity index (χ0) is 26.9. The van der Waals surface area contributed by atoms with Crippen molar-refractivity contribution in [3.05, 3.63) is 46.4 Å². The van der Waals surface area contributed by atoms with E-state index in [0.29, 0.717) is 11.9 Å². The number of benzene rings is 1. The number of hydrogen-bond acceptors (Lipinski definition) is 8. The van der Waals surface area contributed by atoms with Crippen molar-refractivity contribution in [1.29, 1.82) is 0 Å². The van der Waals surface area contributed by atoms with Gasteiger partial charge in [0, 0.05) is 44.8 Å². The fourth-order valence-corrected chi connectivity index (χ4v) is 5.25. The molecule has 0 bridgehead atoms. The minimum atomic E-state index is -4.30. The maximum absolute atomic E-state index is 15.5. The van der Waals surface area contributed by atoms with Crippen molar-refractivity contribution >= 4 is 45.3 Å². The van der Waals surface area contributed by atoms with Crippen molar-refractivity contribution < 1.29 is 26.4 Å². The van der Waals surface area contributed by atoms with Crippen LogP contribution in [0.15, 0.2) is 29.2 Å². The Bertz CT molecular complexity index is 1490. The van der Waals surface area contributed by atoms with Gasteiger partial charge in [-0.25, -0.2) is 23.2 Å². The highest BCUT2D eigenvalue weighted by Crippen LogP contribution is 2.31. The van der Waals surface area contributed by atoms with Crippen LogP contribution in [-0.4, -0.2) is 66.2 Å². The molecule has 0 aliphatic carbocycles. The van der Waals surface area contributed by atoms with E-state index in [-0.39, 0.29) is 62.2 Å². The first-order valence-corrected chi connectivity index (χ1v) is 12.9. The second kappa shape index (κ2) is 11.8. The highest BCUT2D eigenvalue weighted by molar-refractivity contribution is 7.90. The molecular formula is C22H27ClF3N7O4S. The molecule has 1 aliphatic heterocycles. The molecule has 3 heterocycles. The molecule has 1 aromatic carbocycles. The van der Waals surface area contributed by atoms with Gasteiger partial charge in [-0.3, -0.25) is 18.9 Å². The van der Waals surface area contributed by atoms with Crippen LogP contribution in [0.1, 0.15) is 13.3 Å². The molecule has 0 radical (unpaired) electrons. The van der Waals surface area contributed by atoms with Crippen LogP contribution in [-0.2, 0) is 22.1 Å². The van der Waals surface area contributed by atoms with Crippen LogP contribution in [0.25, 0.3) is 22.2 Å². The van der Waals surface area contributed by atoms with Crippen LogP contribution < -0.4 is 21.1 Å². The van der Waals surface area contributed by atoms with Crippen molar-refractivity contribution in [1.82, 2.24) is 18.8 Å². The van der Waals surface area contributed by atoms with Gasteiger partial charge in [0.1, 0.15) is 17.6 Å². The van der Waals surface area contributed by atoms with Gasteiger partial charge in [-0.1, -0.05) is 0 Å². The summed E-state index contributed by atoms with van der Waals surface area (Å²) in [6.07, 6.45) is 0.0627. The minimum Gasteiger partial charge on any atom is -0.328 e. The molecule has 0 unspecified atom stereocenters. The Morgan fingerprint density at radius 1 is 1.32 bits per heavy atom. The summed E-state index contributed by atoms with van der Waals surface area (Å²) in [4.78, 5) is 27.2. The fourth-order valence-electron chi connectivity index (χ4n) is 3.98. The maximum atomic E-state index is 15.5. The molecule has 3 aromatic rings. The Labute approximate surface area is 223 Å². The molecule has 0 amide bonds. The Hall–Kier alpha value is -2.98. The van der Waals surface area contributed by atoms with E-state index < -0.39 is 44.8 Å². The Kier molecular flexibility index (Phi) is 9.20. The van der Waals surface area contributed by atoms with E-state index in [1.54, 1.807) is 6.92 Å². The zero-order valence-corrected chi connectivity index (χ0v) is 22.2. The van der Waals surface area contributed by atoms with Gasteiger partial charge < -0.3 is 5.73 Å². The number of nitrogens with one attached hydrogen (secondary N) is 1. The first kappa shape index (κ1) is 29.6. The third-order valence-corrected chi connectivity index (χ3v) is 7.33. The van der Waals surface area contributed by atoms with Crippen molar-refractivity contribution in [2.24, 2.45) is 12.8 Å². The molecule has 208 valence electrons. The van der Waals surface area contributed by atoms with E-state index in [2.05, 4.69) is 9.97 Å². The number of nitrogens with zero attached hydrogens (tertiary/aromatic N) is 5. The maximum Gasteiger partial charge on any atom is 0.301 e. The van der Waals surface area contributed by atoms with Crippen molar-refractivity contribution in [3.8, 4) is 11.1 Å². The van der Waals surface area contributed by atoms with Crippen molar-refractivity contribution in [2.75, 3.05) is 42.6 Å².